The molecule has 1 unspecified atom stereocenters. The van der Waals surface area contributed by atoms with Crippen LogP contribution in [0.3, 0.4) is 0 Å². The Balaban J connectivity index is 1.99. The lowest BCUT2D eigenvalue weighted by molar-refractivity contribution is -0.0366. The van der Waals surface area contributed by atoms with Gasteiger partial charge in [-0.05, 0) is 37.5 Å². The maximum atomic E-state index is 5.82. The molecule has 3 heteroatoms. The van der Waals surface area contributed by atoms with Crippen LogP contribution in [-0.4, -0.2) is 16.4 Å². The predicted molar refractivity (Wildman–Crippen MR) is 75.7 cm³/mol. The van der Waals surface area contributed by atoms with Crippen molar-refractivity contribution in [3.8, 4) is 11.8 Å². The van der Waals surface area contributed by atoms with Crippen LogP contribution >= 0.6 is 0 Å². The number of ether oxygens (including phenoxy) is 1. The molecule has 1 aliphatic rings. The van der Waals surface area contributed by atoms with Gasteiger partial charge in [0.15, 0.2) is 6.23 Å². The number of hydrogen-bond acceptors (Lipinski definition) is 2. The van der Waals surface area contributed by atoms with E-state index in [1.165, 1.54) is 6.42 Å². The topological polar surface area (TPSA) is 27.1 Å². The van der Waals surface area contributed by atoms with Gasteiger partial charge >= 0.3 is 0 Å². The average Bonchev–Trinajstić information content (AvgIpc) is 2.89. The van der Waals surface area contributed by atoms with Crippen LogP contribution < -0.4 is 0 Å². The highest BCUT2D eigenvalue weighted by Crippen LogP contribution is 2.26. The molecule has 2 heterocycles. The summed E-state index contributed by atoms with van der Waals surface area (Å²) >= 11 is 0. The summed E-state index contributed by atoms with van der Waals surface area (Å²) in [6.45, 7) is 2.90. The van der Waals surface area contributed by atoms with Gasteiger partial charge in [-0.15, -0.1) is 0 Å². The molecule has 3 rings (SSSR count). The van der Waals surface area contributed by atoms with E-state index in [1.807, 2.05) is 10.9 Å². The van der Waals surface area contributed by atoms with Crippen LogP contribution in [0.25, 0.3) is 10.9 Å². The van der Waals surface area contributed by atoms with E-state index in [0.29, 0.717) is 0 Å². The number of hydrogen-bond donors (Lipinski definition) is 0. The number of fused-ring (bicyclic) bond motifs is 1. The minimum Gasteiger partial charge on any atom is -0.356 e. The van der Waals surface area contributed by atoms with Crippen molar-refractivity contribution in [2.24, 2.45) is 0 Å². The molecule has 98 valence electrons. The zero-order chi connectivity index (χ0) is 13.1. The molecule has 0 radical (unpaired) electrons. The van der Waals surface area contributed by atoms with Gasteiger partial charge in [-0.1, -0.05) is 18.8 Å². The molecule has 1 fully saturated rings. The van der Waals surface area contributed by atoms with Gasteiger partial charge in [0.1, 0.15) is 0 Å². The van der Waals surface area contributed by atoms with Crippen molar-refractivity contribution >= 4 is 10.9 Å². The molecule has 19 heavy (non-hydrogen) atoms. The fourth-order valence-corrected chi connectivity index (χ4v) is 2.45. The summed E-state index contributed by atoms with van der Waals surface area (Å²) in [4.78, 5) is 0. The van der Waals surface area contributed by atoms with E-state index in [-0.39, 0.29) is 6.23 Å². The molecule has 1 atom stereocenters. The summed E-state index contributed by atoms with van der Waals surface area (Å²) in [6, 6.07) is 6.25. The quantitative estimate of drug-likeness (QED) is 0.728. The SMILES string of the molecule is CCC#Cc1ccc2cnn(C3CCCCO3)c2c1. The molecular formula is C16H18N2O. The predicted octanol–water partition coefficient (Wildman–Crippen LogP) is 3.50. The molecular weight excluding hydrogens is 236 g/mol. The first-order chi connectivity index (χ1) is 9.38. The maximum Gasteiger partial charge on any atom is 0.150 e. The van der Waals surface area contributed by atoms with Crippen molar-refractivity contribution in [2.75, 3.05) is 6.61 Å². The van der Waals surface area contributed by atoms with Crippen LogP contribution in [0.1, 0.15) is 44.4 Å². The minimum absolute atomic E-state index is 0.0839. The molecule has 1 aliphatic heterocycles. The standard InChI is InChI=1S/C16H18N2O/c1-2-3-6-13-8-9-14-12-17-18(15(14)11-13)16-7-4-5-10-19-16/h8-9,11-12,16H,2,4-5,7,10H2,1H3. The fraction of sp³-hybridized carbons (Fsp3) is 0.438. The molecule has 1 aromatic carbocycles. The summed E-state index contributed by atoms with van der Waals surface area (Å²) < 4.78 is 7.82. The van der Waals surface area contributed by atoms with Crippen LogP contribution in [0.5, 0.6) is 0 Å². The second kappa shape index (κ2) is 5.46. The van der Waals surface area contributed by atoms with Gasteiger partial charge in [-0.3, -0.25) is 0 Å². The van der Waals surface area contributed by atoms with E-state index in [4.69, 9.17) is 4.74 Å². The Hall–Kier alpha value is -1.79. The third-order valence-corrected chi connectivity index (χ3v) is 3.44. The Labute approximate surface area is 113 Å². The van der Waals surface area contributed by atoms with Gasteiger partial charge in [0.2, 0.25) is 0 Å². The number of benzene rings is 1. The van der Waals surface area contributed by atoms with Crippen molar-refractivity contribution in [3.63, 3.8) is 0 Å². The number of rotatable bonds is 1. The van der Waals surface area contributed by atoms with E-state index in [1.54, 1.807) is 0 Å². The first-order valence-electron chi connectivity index (χ1n) is 6.96. The normalized spacial score (nSPS) is 19.1. The van der Waals surface area contributed by atoms with Crippen molar-refractivity contribution in [1.29, 1.82) is 0 Å². The van der Waals surface area contributed by atoms with Crippen molar-refractivity contribution in [1.82, 2.24) is 9.78 Å². The van der Waals surface area contributed by atoms with Gasteiger partial charge in [0, 0.05) is 24.0 Å². The Bertz CT molecular complexity index is 627. The fourth-order valence-electron chi connectivity index (χ4n) is 2.45. The zero-order valence-electron chi connectivity index (χ0n) is 11.2. The highest BCUT2D eigenvalue weighted by atomic mass is 16.5. The van der Waals surface area contributed by atoms with Gasteiger partial charge in [-0.2, -0.15) is 5.10 Å². The van der Waals surface area contributed by atoms with E-state index in [0.717, 1.165) is 42.3 Å². The van der Waals surface area contributed by atoms with Crippen molar-refractivity contribution in [3.05, 3.63) is 30.0 Å². The van der Waals surface area contributed by atoms with Gasteiger partial charge < -0.3 is 4.74 Å². The third-order valence-electron chi connectivity index (χ3n) is 3.44. The molecule has 2 aromatic rings. The van der Waals surface area contributed by atoms with Crippen molar-refractivity contribution in [2.45, 2.75) is 38.8 Å². The average molecular weight is 254 g/mol. The summed E-state index contributed by atoms with van der Waals surface area (Å²) in [5.74, 6) is 6.28. The summed E-state index contributed by atoms with van der Waals surface area (Å²) in [7, 11) is 0. The number of nitrogens with zero attached hydrogens (tertiary/aromatic N) is 2. The Kier molecular flexibility index (Phi) is 3.52. The smallest absolute Gasteiger partial charge is 0.150 e. The molecule has 3 nitrogen and oxygen atoms in total. The molecule has 0 N–H and O–H groups in total. The molecule has 0 bridgehead atoms. The summed E-state index contributed by atoms with van der Waals surface area (Å²) in [5, 5.41) is 5.63. The Morgan fingerprint density at radius 2 is 2.37 bits per heavy atom. The van der Waals surface area contributed by atoms with Gasteiger partial charge in [0.05, 0.1) is 11.7 Å². The number of aromatic nitrogens is 2. The largest absolute Gasteiger partial charge is 0.356 e. The monoisotopic (exact) mass is 254 g/mol. The lowest BCUT2D eigenvalue weighted by atomic mass is 10.1. The van der Waals surface area contributed by atoms with Crippen LogP contribution in [0, 0.1) is 11.8 Å². The zero-order valence-corrected chi connectivity index (χ0v) is 11.2. The first kappa shape index (κ1) is 12.3. The molecule has 0 amide bonds. The van der Waals surface area contributed by atoms with E-state index in [9.17, 15) is 0 Å². The molecule has 0 saturated carbocycles. The van der Waals surface area contributed by atoms with Gasteiger partial charge in [0.25, 0.3) is 0 Å². The lowest BCUT2D eigenvalue weighted by Gasteiger charge is -2.23. The van der Waals surface area contributed by atoms with E-state index < -0.39 is 0 Å². The first-order valence-corrected chi connectivity index (χ1v) is 6.96. The van der Waals surface area contributed by atoms with E-state index in [2.05, 4.69) is 42.1 Å². The highest BCUT2D eigenvalue weighted by molar-refractivity contribution is 5.80. The van der Waals surface area contributed by atoms with Crippen LogP contribution in [-0.2, 0) is 4.74 Å². The Morgan fingerprint density at radius 1 is 1.42 bits per heavy atom. The Morgan fingerprint density at radius 3 is 3.16 bits per heavy atom. The van der Waals surface area contributed by atoms with Gasteiger partial charge in [-0.25, -0.2) is 4.68 Å². The maximum absolute atomic E-state index is 5.82. The molecule has 0 spiro atoms. The third kappa shape index (κ3) is 2.50. The summed E-state index contributed by atoms with van der Waals surface area (Å²) in [6.07, 6.45) is 6.28. The second-order valence-electron chi connectivity index (χ2n) is 4.84. The molecule has 1 saturated heterocycles. The minimum atomic E-state index is 0.0839. The second-order valence-corrected chi connectivity index (χ2v) is 4.84. The summed E-state index contributed by atoms with van der Waals surface area (Å²) in [5.41, 5.74) is 2.17. The van der Waals surface area contributed by atoms with Crippen molar-refractivity contribution < 1.29 is 4.74 Å². The van der Waals surface area contributed by atoms with Crippen LogP contribution in [0.4, 0.5) is 0 Å². The van der Waals surface area contributed by atoms with Crippen LogP contribution in [0.15, 0.2) is 24.4 Å². The highest BCUT2D eigenvalue weighted by Gasteiger charge is 2.18. The molecule has 1 aromatic heterocycles. The van der Waals surface area contributed by atoms with Crippen LogP contribution in [0.2, 0.25) is 0 Å². The lowest BCUT2D eigenvalue weighted by Crippen LogP contribution is -2.18. The van der Waals surface area contributed by atoms with E-state index >= 15 is 0 Å². The molecule has 0 aliphatic carbocycles.